The first-order valence-corrected chi connectivity index (χ1v) is 9.42. The predicted molar refractivity (Wildman–Crippen MR) is 96.5 cm³/mol. The van der Waals surface area contributed by atoms with Crippen molar-refractivity contribution in [2.24, 2.45) is 12.5 Å². The average molecular weight is 411 g/mol. The van der Waals surface area contributed by atoms with E-state index in [2.05, 4.69) is 21.2 Å². The van der Waals surface area contributed by atoms with E-state index in [0.29, 0.717) is 18.6 Å². The number of halogens is 1. The molecule has 0 spiro atoms. The second-order valence-electron chi connectivity index (χ2n) is 7.45. The Morgan fingerprint density at radius 2 is 1.92 bits per heavy atom. The molecule has 0 atom stereocenters. The van der Waals surface area contributed by atoms with Crippen molar-refractivity contribution in [2.75, 3.05) is 0 Å². The Labute approximate surface area is 155 Å². The average Bonchev–Trinajstić information content (AvgIpc) is 2.53. The second kappa shape index (κ2) is 6.94. The summed E-state index contributed by atoms with van der Waals surface area (Å²) in [6.45, 7) is 1.85. The number of aryl methyl sites for hydroxylation is 1. The van der Waals surface area contributed by atoms with E-state index in [1.165, 1.54) is 10.6 Å². The highest BCUT2D eigenvalue weighted by atomic mass is 79.9. The molecule has 6 nitrogen and oxygen atoms in total. The van der Waals surface area contributed by atoms with Crippen LogP contribution < -0.4 is 15.6 Å². The lowest BCUT2D eigenvalue weighted by molar-refractivity contribution is -0.146. The molecule has 136 valence electrons. The third kappa shape index (κ3) is 3.97. The number of ether oxygens (including phenoxy) is 1. The van der Waals surface area contributed by atoms with E-state index in [-0.39, 0.29) is 29.4 Å². The molecule has 1 aromatic heterocycles. The molecule has 0 aromatic carbocycles. The zero-order valence-electron chi connectivity index (χ0n) is 14.5. The van der Waals surface area contributed by atoms with Crippen LogP contribution in [-0.2, 0) is 16.6 Å². The van der Waals surface area contributed by atoms with Crippen molar-refractivity contribution in [3.05, 3.63) is 27.1 Å². The van der Waals surface area contributed by atoms with Crippen LogP contribution in [-0.4, -0.2) is 28.4 Å². The van der Waals surface area contributed by atoms with E-state index >= 15 is 0 Å². The number of pyridine rings is 1. The third-order valence-corrected chi connectivity index (χ3v) is 5.77. The monoisotopic (exact) mass is 410 g/mol. The fourth-order valence-corrected chi connectivity index (χ4v) is 4.03. The van der Waals surface area contributed by atoms with Gasteiger partial charge in [0.1, 0.15) is 11.5 Å². The van der Waals surface area contributed by atoms with E-state index < -0.39 is 5.41 Å². The molecular formula is C18H23BrN2O4. The fourth-order valence-electron chi connectivity index (χ4n) is 3.51. The summed E-state index contributed by atoms with van der Waals surface area (Å²) in [5.74, 6) is 0.719. The topological polar surface area (TPSA) is 77.4 Å². The van der Waals surface area contributed by atoms with Crippen LogP contribution in [0.2, 0.25) is 0 Å². The molecule has 1 heterocycles. The predicted octanol–water partition coefficient (Wildman–Crippen LogP) is 2.32. The minimum absolute atomic E-state index is 0.00855. The van der Waals surface area contributed by atoms with E-state index in [1.54, 1.807) is 13.2 Å². The zero-order chi connectivity index (χ0) is 18.2. The van der Waals surface area contributed by atoms with Crippen molar-refractivity contribution in [3.63, 3.8) is 0 Å². The summed E-state index contributed by atoms with van der Waals surface area (Å²) in [5, 5.41) is 3.08. The molecule has 0 unspecified atom stereocenters. The lowest BCUT2D eigenvalue weighted by atomic mass is 9.68. The van der Waals surface area contributed by atoms with Crippen molar-refractivity contribution in [1.82, 2.24) is 9.88 Å². The maximum Gasteiger partial charge on any atom is 0.254 e. The van der Waals surface area contributed by atoms with Gasteiger partial charge in [-0.25, -0.2) is 0 Å². The number of rotatable bonds is 4. The van der Waals surface area contributed by atoms with Gasteiger partial charge in [-0.15, -0.1) is 0 Å². The molecule has 0 saturated heterocycles. The molecular weight excluding hydrogens is 388 g/mol. The van der Waals surface area contributed by atoms with Crippen LogP contribution in [0.25, 0.3) is 0 Å². The van der Waals surface area contributed by atoms with Crippen molar-refractivity contribution in [2.45, 2.75) is 57.6 Å². The van der Waals surface area contributed by atoms with Gasteiger partial charge in [0.05, 0.1) is 16.0 Å². The molecule has 2 saturated carbocycles. The first-order chi connectivity index (χ1) is 11.8. The number of hydrogen-bond donors (Lipinski definition) is 1. The van der Waals surface area contributed by atoms with Crippen molar-refractivity contribution < 1.29 is 14.3 Å². The number of hydrogen-bond acceptors (Lipinski definition) is 4. The van der Waals surface area contributed by atoms with Crippen molar-refractivity contribution in [3.8, 4) is 5.75 Å². The summed E-state index contributed by atoms with van der Waals surface area (Å²) in [4.78, 5) is 35.2. The minimum Gasteiger partial charge on any atom is -0.489 e. The van der Waals surface area contributed by atoms with Gasteiger partial charge in [-0.3, -0.25) is 14.4 Å². The molecule has 7 heteroatoms. The van der Waals surface area contributed by atoms with E-state index in [9.17, 15) is 14.4 Å². The first kappa shape index (κ1) is 18.2. The summed E-state index contributed by atoms with van der Waals surface area (Å²) < 4.78 is 8.22. The zero-order valence-corrected chi connectivity index (χ0v) is 16.1. The highest BCUT2D eigenvalue weighted by Gasteiger charge is 2.46. The van der Waals surface area contributed by atoms with Crippen LogP contribution in [0.1, 0.15) is 45.4 Å². The van der Waals surface area contributed by atoms with Crippen LogP contribution in [0.5, 0.6) is 5.75 Å². The summed E-state index contributed by atoms with van der Waals surface area (Å²) >= 11 is 3.42. The Bertz CT molecular complexity index is 742. The van der Waals surface area contributed by atoms with E-state index in [0.717, 1.165) is 30.2 Å². The number of carbonyl (C=O) groups is 2. The van der Waals surface area contributed by atoms with Crippen molar-refractivity contribution >= 4 is 27.6 Å². The largest absolute Gasteiger partial charge is 0.489 e. The second-order valence-corrected chi connectivity index (χ2v) is 8.31. The normalized spacial score (nSPS) is 25.2. The summed E-state index contributed by atoms with van der Waals surface area (Å²) in [7, 11) is 1.70. The molecule has 1 aromatic rings. The smallest absolute Gasteiger partial charge is 0.254 e. The van der Waals surface area contributed by atoms with Gasteiger partial charge < -0.3 is 14.6 Å². The number of aromatic nitrogens is 1. The molecule has 0 aliphatic heterocycles. The highest BCUT2D eigenvalue weighted by molar-refractivity contribution is 9.10. The van der Waals surface area contributed by atoms with Gasteiger partial charge in [0.25, 0.3) is 5.56 Å². The van der Waals surface area contributed by atoms with Crippen LogP contribution in [0.3, 0.4) is 0 Å². The quantitative estimate of drug-likeness (QED) is 0.825. The number of nitrogens with zero attached hydrogens (tertiary/aromatic N) is 1. The van der Waals surface area contributed by atoms with Gasteiger partial charge in [-0.1, -0.05) is 0 Å². The lowest BCUT2D eigenvalue weighted by Crippen LogP contribution is -2.51. The van der Waals surface area contributed by atoms with Crippen LogP contribution in [0.4, 0.5) is 0 Å². The molecule has 0 bridgehead atoms. The first-order valence-electron chi connectivity index (χ1n) is 8.62. The third-order valence-electron chi connectivity index (χ3n) is 5.17. The molecule has 2 aliphatic rings. The highest BCUT2D eigenvalue weighted by Crippen LogP contribution is 2.38. The number of ketones is 1. The molecule has 1 N–H and O–H groups in total. The van der Waals surface area contributed by atoms with E-state index in [1.807, 2.05) is 6.92 Å². The lowest BCUT2D eigenvalue weighted by Gasteiger charge is -2.37. The number of amides is 1. The van der Waals surface area contributed by atoms with Crippen LogP contribution in [0.15, 0.2) is 21.5 Å². The van der Waals surface area contributed by atoms with Crippen LogP contribution in [0, 0.1) is 5.41 Å². The van der Waals surface area contributed by atoms with Crippen LogP contribution >= 0.6 is 15.9 Å². The van der Waals surface area contributed by atoms with E-state index in [4.69, 9.17) is 4.74 Å². The number of nitrogens with one attached hydrogen (secondary N) is 1. The standard InChI is InChI=1S/C18H23BrN2O4/c1-18(8-12(22)9-18)17(24)20-11-3-5-13(6-4-11)25-15-7-16(23)21(2)10-14(15)19/h7,10-11,13H,3-6,8-9H2,1-2H3,(H,20,24)/t11-,13-. The SMILES string of the molecule is Cn1cc(Br)c(O[C@H]2CC[C@H](NC(=O)C3(C)CC(=O)C3)CC2)cc1=O. The Kier molecular flexibility index (Phi) is 5.04. The molecule has 25 heavy (non-hydrogen) atoms. The maximum absolute atomic E-state index is 12.3. The van der Waals surface area contributed by atoms with Gasteiger partial charge >= 0.3 is 0 Å². The van der Waals surface area contributed by atoms with Gasteiger partial charge in [0.15, 0.2) is 0 Å². The Hall–Kier alpha value is -1.63. The fraction of sp³-hybridized carbons (Fsp3) is 0.611. The summed E-state index contributed by atoms with van der Waals surface area (Å²) in [6.07, 6.45) is 5.76. The number of carbonyl (C=O) groups excluding carboxylic acids is 2. The van der Waals surface area contributed by atoms with Gasteiger partial charge in [-0.2, -0.15) is 0 Å². The Balaban J connectivity index is 1.51. The van der Waals surface area contributed by atoms with Gasteiger partial charge in [0, 0.05) is 38.2 Å². The Morgan fingerprint density at radius 1 is 1.28 bits per heavy atom. The summed E-state index contributed by atoms with van der Waals surface area (Å²) in [6, 6.07) is 1.62. The molecule has 2 fully saturated rings. The maximum atomic E-state index is 12.3. The Morgan fingerprint density at radius 3 is 2.52 bits per heavy atom. The van der Waals surface area contributed by atoms with Gasteiger partial charge in [-0.05, 0) is 48.5 Å². The molecule has 2 aliphatic carbocycles. The summed E-state index contributed by atoms with van der Waals surface area (Å²) in [5.41, 5.74) is -0.623. The number of Topliss-reactive ketones (excluding diaryl/α,β-unsaturated/α-hetero) is 1. The van der Waals surface area contributed by atoms with Gasteiger partial charge in [0.2, 0.25) is 5.91 Å². The van der Waals surface area contributed by atoms with Crippen molar-refractivity contribution in [1.29, 1.82) is 0 Å². The molecule has 1 amide bonds. The molecule has 3 rings (SSSR count). The molecule has 0 radical (unpaired) electrons. The minimum atomic E-state index is -0.514.